The lowest BCUT2D eigenvalue weighted by Gasteiger charge is -2.42. The van der Waals surface area contributed by atoms with Crippen molar-refractivity contribution in [2.75, 3.05) is 6.61 Å². The van der Waals surface area contributed by atoms with Crippen LogP contribution in [-0.4, -0.2) is 86.4 Å². The lowest BCUT2D eigenvalue weighted by Crippen LogP contribution is -2.60. The predicted molar refractivity (Wildman–Crippen MR) is 72.5 cm³/mol. The molecule has 3 aliphatic rings. The van der Waals surface area contributed by atoms with Gasteiger partial charge in [-0.15, -0.1) is 0 Å². The molecule has 0 amide bonds. The molecule has 2 fully saturated rings. The standard InChI is InChI=1S/C14H22O9/c15-4-8-10(18)11(19)12(20)14(22-8)23-13-9-5(1-2-21-13)6(16)3-7(9)17/h1-2,5-20H,3-4H2/t5-,6+,7-,8+,9+,10+,11-,12+,13-,14-/m0/s1. The summed E-state index contributed by atoms with van der Waals surface area (Å²) in [5.74, 6) is -0.906. The number of rotatable bonds is 3. The summed E-state index contributed by atoms with van der Waals surface area (Å²) in [6, 6.07) is 0. The maximum Gasteiger partial charge on any atom is 0.207 e. The molecule has 0 aromatic carbocycles. The molecule has 132 valence electrons. The minimum absolute atomic E-state index is 0.178. The Labute approximate surface area is 132 Å². The van der Waals surface area contributed by atoms with Gasteiger partial charge >= 0.3 is 0 Å². The maximum absolute atomic E-state index is 10.1. The van der Waals surface area contributed by atoms with Crippen LogP contribution in [0.25, 0.3) is 0 Å². The lowest BCUT2D eigenvalue weighted by molar-refractivity contribution is -0.343. The van der Waals surface area contributed by atoms with Crippen molar-refractivity contribution in [3.63, 3.8) is 0 Å². The first-order valence-corrected chi connectivity index (χ1v) is 7.58. The molecule has 9 heteroatoms. The number of hydrogen-bond donors (Lipinski definition) is 6. The van der Waals surface area contributed by atoms with Gasteiger partial charge in [0.2, 0.25) is 6.29 Å². The Kier molecular flexibility index (Phi) is 4.90. The van der Waals surface area contributed by atoms with Gasteiger partial charge < -0.3 is 44.8 Å². The molecule has 0 aromatic heterocycles. The third kappa shape index (κ3) is 2.99. The first-order valence-electron chi connectivity index (χ1n) is 7.58. The lowest BCUT2D eigenvalue weighted by atomic mass is 9.91. The molecule has 2 aliphatic heterocycles. The Hall–Kier alpha value is -0.780. The Morgan fingerprint density at radius 1 is 0.957 bits per heavy atom. The van der Waals surface area contributed by atoms with Crippen LogP contribution in [0.4, 0.5) is 0 Å². The van der Waals surface area contributed by atoms with Gasteiger partial charge in [-0.1, -0.05) is 0 Å². The summed E-state index contributed by atoms with van der Waals surface area (Å²) < 4.78 is 16.1. The minimum atomic E-state index is -1.56. The fourth-order valence-electron chi connectivity index (χ4n) is 3.43. The highest BCUT2D eigenvalue weighted by Gasteiger charge is 2.51. The number of fused-ring (bicyclic) bond motifs is 1. The topological polar surface area (TPSA) is 149 Å². The second-order valence-electron chi connectivity index (χ2n) is 6.19. The van der Waals surface area contributed by atoms with Gasteiger partial charge in [0, 0.05) is 12.3 Å². The van der Waals surface area contributed by atoms with Crippen LogP contribution in [-0.2, 0) is 14.2 Å². The molecule has 0 bridgehead atoms. The highest BCUT2D eigenvalue weighted by molar-refractivity contribution is 5.05. The van der Waals surface area contributed by atoms with Crippen molar-refractivity contribution >= 4 is 0 Å². The fourth-order valence-corrected chi connectivity index (χ4v) is 3.43. The summed E-state index contributed by atoms with van der Waals surface area (Å²) in [4.78, 5) is 0. The van der Waals surface area contributed by atoms with E-state index in [9.17, 15) is 25.5 Å². The number of aliphatic hydroxyl groups is 6. The van der Waals surface area contributed by atoms with Gasteiger partial charge in [-0.05, 0) is 6.08 Å². The van der Waals surface area contributed by atoms with Gasteiger partial charge in [-0.3, -0.25) is 0 Å². The van der Waals surface area contributed by atoms with Gasteiger partial charge in [-0.2, -0.15) is 0 Å². The molecule has 6 N–H and O–H groups in total. The van der Waals surface area contributed by atoms with E-state index in [1.807, 2.05) is 0 Å². The molecule has 1 saturated carbocycles. The van der Waals surface area contributed by atoms with Gasteiger partial charge in [0.1, 0.15) is 24.4 Å². The summed E-state index contributed by atoms with van der Waals surface area (Å²) in [5, 5.41) is 58.6. The Morgan fingerprint density at radius 3 is 2.39 bits per heavy atom. The molecule has 0 unspecified atom stereocenters. The Bertz CT molecular complexity index is 442. The zero-order chi connectivity index (χ0) is 16.7. The van der Waals surface area contributed by atoms with Gasteiger partial charge in [0.15, 0.2) is 6.29 Å². The quantitative estimate of drug-likeness (QED) is 0.318. The van der Waals surface area contributed by atoms with Crippen molar-refractivity contribution in [3.05, 3.63) is 12.3 Å². The van der Waals surface area contributed by atoms with E-state index in [1.165, 1.54) is 6.26 Å². The summed E-state index contributed by atoms with van der Waals surface area (Å²) >= 11 is 0. The first kappa shape index (κ1) is 17.1. The SMILES string of the molecule is OC[C@H]1O[C@@H](O[C@@H]2OC=C[C@@H]3[C@@H]2[C@@H](O)C[C@H]3O)[C@H](O)[C@@H](O)[C@@H]1O. The Morgan fingerprint density at radius 2 is 1.70 bits per heavy atom. The highest BCUT2D eigenvalue weighted by Crippen LogP contribution is 2.40. The van der Waals surface area contributed by atoms with Crippen molar-refractivity contribution < 1.29 is 44.8 Å². The van der Waals surface area contributed by atoms with E-state index in [-0.39, 0.29) is 12.3 Å². The van der Waals surface area contributed by atoms with Crippen molar-refractivity contribution in [3.8, 4) is 0 Å². The molecule has 0 aromatic rings. The smallest absolute Gasteiger partial charge is 0.207 e. The monoisotopic (exact) mass is 334 g/mol. The summed E-state index contributed by atoms with van der Waals surface area (Å²) in [5.41, 5.74) is 0. The minimum Gasteiger partial charge on any atom is -0.472 e. The summed E-state index contributed by atoms with van der Waals surface area (Å²) in [7, 11) is 0. The number of aliphatic hydroxyl groups excluding tert-OH is 6. The Balaban J connectivity index is 1.72. The molecule has 3 rings (SSSR count). The zero-order valence-electron chi connectivity index (χ0n) is 12.3. The van der Waals surface area contributed by atoms with Crippen molar-refractivity contribution in [1.82, 2.24) is 0 Å². The van der Waals surface area contributed by atoms with Gasteiger partial charge in [0.25, 0.3) is 0 Å². The molecule has 9 nitrogen and oxygen atoms in total. The van der Waals surface area contributed by atoms with Crippen molar-refractivity contribution in [2.45, 2.75) is 55.6 Å². The summed E-state index contributed by atoms with van der Waals surface area (Å²) in [6.45, 7) is -0.566. The molecule has 23 heavy (non-hydrogen) atoms. The molecular weight excluding hydrogens is 312 g/mol. The molecule has 1 aliphatic carbocycles. The van der Waals surface area contributed by atoms with Crippen LogP contribution < -0.4 is 0 Å². The molecule has 0 radical (unpaired) electrons. The average Bonchev–Trinajstić information content (AvgIpc) is 2.83. The molecule has 0 spiro atoms. The second-order valence-corrected chi connectivity index (χ2v) is 6.19. The first-order chi connectivity index (χ1) is 10.9. The zero-order valence-corrected chi connectivity index (χ0v) is 12.3. The molecule has 1 saturated heterocycles. The molecule has 2 heterocycles. The molecule has 10 atom stereocenters. The van der Waals surface area contributed by atoms with E-state index in [0.717, 1.165) is 0 Å². The van der Waals surface area contributed by atoms with E-state index >= 15 is 0 Å². The largest absolute Gasteiger partial charge is 0.472 e. The van der Waals surface area contributed by atoms with Crippen LogP contribution in [0.2, 0.25) is 0 Å². The van der Waals surface area contributed by atoms with Gasteiger partial charge in [-0.25, -0.2) is 0 Å². The van der Waals surface area contributed by atoms with E-state index in [0.29, 0.717) is 0 Å². The second kappa shape index (κ2) is 6.61. The third-order valence-electron chi connectivity index (χ3n) is 4.76. The normalized spacial score (nSPS) is 53.0. The van der Waals surface area contributed by atoms with Crippen LogP contribution >= 0.6 is 0 Å². The highest BCUT2D eigenvalue weighted by atomic mass is 16.8. The van der Waals surface area contributed by atoms with Crippen LogP contribution in [0.5, 0.6) is 0 Å². The van der Waals surface area contributed by atoms with Crippen molar-refractivity contribution in [1.29, 1.82) is 0 Å². The third-order valence-corrected chi connectivity index (χ3v) is 4.76. The fraction of sp³-hybridized carbons (Fsp3) is 0.857. The van der Waals surface area contributed by atoms with Crippen LogP contribution in [0.3, 0.4) is 0 Å². The van der Waals surface area contributed by atoms with Crippen LogP contribution in [0.1, 0.15) is 6.42 Å². The average molecular weight is 334 g/mol. The van der Waals surface area contributed by atoms with E-state index < -0.39 is 61.7 Å². The van der Waals surface area contributed by atoms with Gasteiger partial charge in [0.05, 0.1) is 31.0 Å². The van der Waals surface area contributed by atoms with Crippen LogP contribution in [0, 0.1) is 11.8 Å². The van der Waals surface area contributed by atoms with E-state index in [1.54, 1.807) is 6.08 Å². The molecular formula is C14H22O9. The van der Waals surface area contributed by atoms with E-state index in [2.05, 4.69) is 0 Å². The number of ether oxygens (including phenoxy) is 3. The predicted octanol–water partition coefficient (Wildman–Crippen LogP) is -2.97. The summed E-state index contributed by atoms with van der Waals surface area (Å²) in [6.07, 6.45) is -6.45. The van der Waals surface area contributed by atoms with Crippen molar-refractivity contribution in [2.24, 2.45) is 11.8 Å². The number of hydrogen-bond acceptors (Lipinski definition) is 9. The maximum atomic E-state index is 10.1. The van der Waals surface area contributed by atoms with E-state index in [4.69, 9.17) is 19.3 Å². The van der Waals surface area contributed by atoms with Crippen LogP contribution in [0.15, 0.2) is 12.3 Å².